The molecule has 0 atom stereocenters. The predicted octanol–water partition coefficient (Wildman–Crippen LogP) is 2.22. The van der Waals surface area contributed by atoms with Crippen LogP contribution in [0.3, 0.4) is 0 Å². The summed E-state index contributed by atoms with van der Waals surface area (Å²) >= 11 is 0. The normalized spacial score (nSPS) is 11.1. The predicted molar refractivity (Wildman–Crippen MR) is 68.3 cm³/mol. The van der Waals surface area contributed by atoms with Gasteiger partial charge in [-0.2, -0.15) is 0 Å². The standard InChI is InChI=1S/C13H18N2O3/c1-4-13(5-2,12(17)18)11(16)15-10-7-6-9(3)14-8-10/h6-8H,4-5H2,1-3H3,(H,15,16)(H,17,18). The van der Waals surface area contributed by atoms with Crippen molar-refractivity contribution in [3.8, 4) is 0 Å². The minimum absolute atomic E-state index is 0.254. The molecule has 0 unspecified atom stereocenters. The van der Waals surface area contributed by atoms with Crippen molar-refractivity contribution in [2.24, 2.45) is 5.41 Å². The molecule has 98 valence electrons. The molecule has 0 aliphatic carbocycles. The van der Waals surface area contributed by atoms with Gasteiger partial charge in [0.25, 0.3) is 0 Å². The molecule has 0 fully saturated rings. The van der Waals surface area contributed by atoms with Gasteiger partial charge in [0, 0.05) is 5.69 Å². The largest absolute Gasteiger partial charge is 0.480 e. The maximum absolute atomic E-state index is 12.1. The Morgan fingerprint density at radius 3 is 2.33 bits per heavy atom. The van der Waals surface area contributed by atoms with E-state index < -0.39 is 17.3 Å². The van der Waals surface area contributed by atoms with Crippen LogP contribution < -0.4 is 5.32 Å². The molecule has 0 aliphatic heterocycles. The first-order valence-electron chi connectivity index (χ1n) is 5.93. The first-order valence-corrected chi connectivity index (χ1v) is 5.93. The number of hydrogen-bond donors (Lipinski definition) is 2. The van der Waals surface area contributed by atoms with Crippen molar-refractivity contribution in [2.75, 3.05) is 5.32 Å². The number of carboxylic acid groups (broad SMARTS) is 1. The highest BCUT2D eigenvalue weighted by molar-refractivity contribution is 6.08. The molecule has 0 spiro atoms. The maximum Gasteiger partial charge on any atom is 0.319 e. The molecule has 1 aromatic rings. The molecule has 1 amide bonds. The fourth-order valence-corrected chi connectivity index (χ4v) is 1.76. The third kappa shape index (κ3) is 2.67. The van der Waals surface area contributed by atoms with E-state index in [0.717, 1.165) is 5.69 Å². The van der Waals surface area contributed by atoms with Gasteiger partial charge >= 0.3 is 5.97 Å². The van der Waals surface area contributed by atoms with Crippen LogP contribution in [0.15, 0.2) is 18.3 Å². The summed E-state index contributed by atoms with van der Waals surface area (Å²) in [5, 5.41) is 11.9. The minimum Gasteiger partial charge on any atom is -0.480 e. The van der Waals surface area contributed by atoms with Gasteiger partial charge in [-0.05, 0) is 31.9 Å². The summed E-state index contributed by atoms with van der Waals surface area (Å²) in [5.74, 6) is -1.59. The lowest BCUT2D eigenvalue weighted by Crippen LogP contribution is -2.42. The molecule has 5 nitrogen and oxygen atoms in total. The number of aryl methyl sites for hydroxylation is 1. The summed E-state index contributed by atoms with van der Waals surface area (Å²) in [6.45, 7) is 5.24. The van der Waals surface area contributed by atoms with E-state index in [4.69, 9.17) is 0 Å². The fraction of sp³-hybridized carbons (Fsp3) is 0.462. The zero-order valence-corrected chi connectivity index (χ0v) is 10.9. The number of aromatic nitrogens is 1. The van der Waals surface area contributed by atoms with Crippen molar-refractivity contribution in [2.45, 2.75) is 33.6 Å². The first-order chi connectivity index (χ1) is 8.46. The Morgan fingerprint density at radius 2 is 1.94 bits per heavy atom. The molecule has 1 rings (SSSR count). The van der Waals surface area contributed by atoms with Crippen LogP contribution in [-0.2, 0) is 9.59 Å². The number of amides is 1. The lowest BCUT2D eigenvalue weighted by molar-refractivity contribution is -0.154. The molecular formula is C13H18N2O3. The van der Waals surface area contributed by atoms with Gasteiger partial charge in [-0.15, -0.1) is 0 Å². The van der Waals surface area contributed by atoms with Gasteiger partial charge in [-0.1, -0.05) is 13.8 Å². The van der Waals surface area contributed by atoms with Crippen molar-refractivity contribution in [3.05, 3.63) is 24.0 Å². The van der Waals surface area contributed by atoms with Crippen LogP contribution in [0.2, 0.25) is 0 Å². The second-order valence-electron chi connectivity index (χ2n) is 4.24. The number of anilines is 1. The van der Waals surface area contributed by atoms with E-state index in [1.165, 1.54) is 6.20 Å². The zero-order valence-electron chi connectivity index (χ0n) is 10.9. The Hall–Kier alpha value is -1.91. The number of carbonyl (C=O) groups excluding carboxylic acids is 1. The quantitative estimate of drug-likeness (QED) is 0.785. The van der Waals surface area contributed by atoms with Crippen LogP contribution in [0.25, 0.3) is 0 Å². The number of nitrogens with one attached hydrogen (secondary N) is 1. The second kappa shape index (κ2) is 5.62. The number of rotatable bonds is 5. The number of carboxylic acids is 1. The number of pyridine rings is 1. The summed E-state index contributed by atoms with van der Waals surface area (Å²) in [5.41, 5.74) is -0.0214. The van der Waals surface area contributed by atoms with Crippen molar-refractivity contribution < 1.29 is 14.7 Å². The van der Waals surface area contributed by atoms with Gasteiger partial charge in [0.15, 0.2) is 0 Å². The van der Waals surface area contributed by atoms with Crippen LogP contribution in [0.4, 0.5) is 5.69 Å². The fourth-order valence-electron chi connectivity index (χ4n) is 1.76. The molecule has 0 saturated heterocycles. The lowest BCUT2D eigenvalue weighted by atomic mass is 9.81. The average Bonchev–Trinajstić information content (AvgIpc) is 2.34. The Bertz CT molecular complexity index is 436. The molecule has 0 aromatic carbocycles. The summed E-state index contributed by atoms with van der Waals surface area (Å²) in [7, 11) is 0. The molecule has 0 saturated carbocycles. The Labute approximate surface area is 106 Å². The van der Waals surface area contributed by atoms with Crippen molar-refractivity contribution in [1.82, 2.24) is 4.98 Å². The Morgan fingerprint density at radius 1 is 1.33 bits per heavy atom. The highest BCUT2D eigenvalue weighted by Gasteiger charge is 2.42. The molecule has 0 bridgehead atoms. The zero-order chi connectivity index (χ0) is 13.8. The third-order valence-corrected chi connectivity index (χ3v) is 3.22. The van der Waals surface area contributed by atoms with Gasteiger partial charge in [0.2, 0.25) is 5.91 Å². The summed E-state index contributed by atoms with van der Waals surface area (Å²) < 4.78 is 0. The molecule has 1 heterocycles. The summed E-state index contributed by atoms with van der Waals surface area (Å²) in [6, 6.07) is 3.47. The first kappa shape index (κ1) is 14.2. The number of aliphatic carboxylic acids is 1. The number of carbonyl (C=O) groups is 2. The molecule has 0 radical (unpaired) electrons. The van der Waals surface area contributed by atoms with Crippen LogP contribution in [-0.4, -0.2) is 22.0 Å². The van der Waals surface area contributed by atoms with E-state index in [9.17, 15) is 14.7 Å². The third-order valence-electron chi connectivity index (χ3n) is 3.22. The SMILES string of the molecule is CCC(CC)(C(=O)O)C(=O)Nc1ccc(C)nc1. The van der Waals surface area contributed by atoms with Crippen LogP contribution >= 0.6 is 0 Å². The summed E-state index contributed by atoms with van der Waals surface area (Å²) in [4.78, 5) is 27.4. The van der Waals surface area contributed by atoms with Crippen molar-refractivity contribution >= 4 is 17.6 Å². The van der Waals surface area contributed by atoms with Crippen molar-refractivity contribution in [1.29, 1.82) is 0 Å². The lowest BCUT2D eigenvalue weighted by Gasteiger charge is -2.25. The van der Waals surface area contributed by atoms with E-state index in [1.807, 2.05) is 6.92 Å². The van der Waals surface area contributed by atoms with E-state index in [-0.39, 0.29) is 12.8 Å². The van der Waals surface area contributed by atoms with Gasteiger partial charge in [0.05, 0.1) is 11.9 Å². The smallest absolute Gasteiger partial charge is 0.319 e. The molecule has 5 heteroatoms. The highest BCUT2D eigenvalue weighted by atomic mass is 16.4. The summed E-state index contributed by atoms with van der Waals surface area (Å²) in [6.07, 6.45) is 2.03. The number of nitrogens with zero attached hydrogens (tertiary/aromatic N) is 1. The van der Waals surface area contributed by atoms with Crippen LogP contribution in [0.1, 0.15) is 32.4 Å². The molecular weight excluding hydrogens is 232 g/mol. The minimum atomic E-state index is -1.37. The van der Waals surface area contributed by atoms with Gasteiger partial charge in [-0.3, -0.25) is 14.6 Å². The average molecular weight is 250 g/mol. The Kier molecular flexibility index (Phi) is 4.42. The number of hydrogen-bond acceptors (Lipinski definition) is 3. The molecule has 1 aromatic heterocycles. The van der Waals surface area contributed by atoms with E-state index >= 15 is 0 Å². The van der Waals surface area contributed by atoms with E-state index in [1.54, 1.807) is 26.0 Å². The molecule has 18 heavy (non-hydrogen) atoms. The van der Waals surface area contributed by atoms with E-state index in [0.29, 0.717) is 5.69 Å². The topological polar surface area (TPSA) is 79.3 Å². The molecule has 2 N–H and O–H groups in total. The highest BCUT2D eigenvalue weighted by Crippen LogP contribution is 2.28. The monoisotopic (exact) mass is 250 g/mol. The van der Waals surface area contributed by atoms with Crippen molar-refractivity contribution in [3.63, 3.8) is 0 Å². The van der Waals surface area contributed by atoms with E-state index in [2.05, 4.69) is 10.3 Å². The van der Waals surface area contributed by atoms with Gasteiger partial charge in [-0.25, -0.2) is 0 Å². The Balaban J connectivity index is 2.92. The molecule has 0 aliphatic rings. The van der Waals surface area contributed by atoms with Gasteiger partial charge in [0.1, 0.15) is 5.41 Å². The van der Waals surface area contributed by atoms with Crippen LogP contribution in [0.5, 0.6) is 0 Å². The second-order valence-corrected chi connectivity index (χ2v) is 4.24. The maximum atomic E-state index is 12.1. The van der Waals surface area contributed by atoms with Crippen LogP contribution in [0, 0.1) is 12.3 Å². The van der Waals surface area contributed by atoms with Gasteiger partial charge < -0.3 is 10.4 Å².